The molecule has 0 atom stereocenters. The van der Waals surface area contributed by atoms with Crippen LogP contribution in [-0.4, -0.2) is 5.11 Å². The van der Waals surface area contributed by atoms with Crippen LogP contribution in [0.15, 0.2) is 56.7 Å². The van der Waals surface area contributed by atoms with E-state index in [-0.39, 0.29) is 6.61 Å². The van der Waals surface area contributed by atoms with Gasteiger partial charge in [0.2, 0.25) is 0 Å². The van der Waals surface area contributed by atoms with Crippen LogP contribution in [0.5, 0.6) is 0 Å². The van der Waals surface area contributed by atoms with Gasteiger partial charge in [-0.2, -0.15) is 5.26 Å². The fraction of sp³-hybridized carbons (Fsp3) is 0.0714. The number of halogens is 1. The zero-order valence-corrected chi connectivity index (χ0v) is 11.8. The molecule has 0 radical (unpaired) electrons. The maximum atomic E-state index is 8.98. The number of hydrogen-bond acceptors (Lipinski definition) is 3. The molecule has 2 rings (SSSR count). The third-order valence-electron chi connectivity index (χ3n) is 2.39. The van der Waals surface area contributed by atoms with Crippen LogP contribution in [-0.2, 0) is 6.61 Å². The molecule has 0 fully saturated rings. The lowest BCUT2D eigenvalue weighted by Crippen LogP contribution is -1.82. The molecule has 0 amide bonds. The zero-order valence-electron chi connectivity index (χ0n) is 9.43. The highest BCUT2D eigenvalue weighted by Crippen LogP contribution is 2.34. The smallest absolute Gasteiger partial charge is 0.0992 e. The molecular weight excluding hydrogens is 310 g/mol. The summed E-state index contributed by atoms with van der Waals surface area (Å²) in [6.45, 7) is 0.0610. The minimum absolute atomic E-state index is 0.0610. The van der Waals surface area contributed by atoms with Crippen molar-refractivity contribution >= 4 is 27.7 Å². The standard InChI is InChI=1S/C14H10BrNOS/c15-13-7-11(8-16)3-6-14(13)18-12-4-1-10(9-17)2-5-12/h1-7,17H,9H2. The number of nitrogens with zero attached hydrogens (tertiary/aromatic N) is 1. The number of nitriles is 1. The Bertz CT molecular complexity index is 590. The van der Waals surface area contributed by atoms with Crippen LogP contribution in [0.3, 0.4) is 0 Å². The molecule has 0 aliphatic rings. The molecule has 0 saturated carbocycles. The number of aliphatic hydroxyl groups excluding tert-OH is 1. The van der Waals surface area contributed by atoms with E-state index in [0.717, 1.165) is 19.8 Å². The van der Waals surface area contributed by atoms with Crippen molar-refractivity contribution in [2.75, 3.05) is 0 Å². The average Bonchev–Trinajstić information content (AvgIpc) is 2.42. The van der Waals surface area contributed by atoms with E-state index in [9.17, 15) is 0 Å². The lowest BCUT2D eigenvalue weighted by Gasteiger charge is -2.05. The van der Waals surface area contributed by atoms with Crippen LogP contribution >= 0.6 is 27.7 Å². The van der Waals surface area contributed by atoms with Crippen molar-refractivity contribution in [3.8, 4) is 6.07 Å². The number of aliphatic hydroxyl groups is 1. The maximum Gasteiger partial charge on any atom is 0.0992 e. The van der Waals surface area contributed by atoms with Crippen LogP contribution in [0.4, 0.5) is 0 Å². The summed E-state index contributed by atoms with van der Waals surface area (Å²) in [6, 6.07) is 15.4. The van der Waals surface area contributed by atoms with Gasteiger partial charge in [0.1, 0.15) is 0 Å². The zero-order chi connectivity index (χ0) is 13.0. The Morgan fingerprint density at radius 2 is 1.89 bits per heavy atom. The van der Waals surface area contributed by atoms with Crippen LogP contribution < -0.4 is 0 Å². The molecule has 90 valence electrons. The first-order valence-corrected chi connectivity index (χ1v) is 6.91. The Morgan fingerprint density at radius 1 is 1.17 bits per heavy atom. The molecule has 0 aromatic heterocycles. The molecule has 2 aromatic carbocycles. The minimum atomic E-state index is 0.0610. The van der Waals surface area contributed by atoms with Crippen molar-refractivity contribution in [2.45, 2.75) is 16.4 Å². The van der Waals surface area contributed by atoms with E-state index in [2.05, 4.69) is 22.0 Å². The molecule has 0 bridgehead atoms. The van der Waals surface area contributed by atoms with Gasteiger partial charge in [-0.05, 0) is 51.8 Å². The summed E-state index contributed by atoms with van der Waals surface area (Å²) in [6.07, 6.45) is 0. The SMILES string of the molecule is N#Cc1ccc(Sc2ccc(CO)cc2)c(Br)c1. The second-order valence-corrected chi connectivity index (χ2v) is 5.63. The fourth-order valence-corrected chi connectivity index (χ4v) is 2.88. The van der Waals surface area contributed by atoms with Gasteiger partial charge in [-0.25, -0.2) is 0 Å². The Balaban J connectivity index is 2.20. The highest BCUT2D eigenvalue weighted by atomic mass is 79.9. The predicted octanol–water partition coefficient (Wildman–Crippen LogP) is 3.96. The van der Waals surface area contributed by atoms with Gasteiger partial charge in [0.25, 0.3) is 0 Å². The molecule has 0 heterocycles. The van der Waals surface area contributed by atoms with E-state index in [4.69, 9.17) is 10.4 Å². The number of benzene rings is 2. The largest absolute Gasteiger partial charge is 0.392 e. The van der Waals surface area contributed by atoms with Crippen molar-refractivity contribution in [3.63, 3.8) is 0 Å². The summed E-state index contributed by atoms with van der Waals surface area (Å²) < 4.78 is 0.915. The molecule has 0 spiro atoms. The Labute approximate surface area is 118 Å². The lowest BCUT2D eigenvalue weighted by molar-refractivity contribution is 0.282. The second-order valence-electron chi connectivity index (χ2n) is 3.66. The number of hydrogen-bond donors (Lipinski definition) is 1. The van der Waals surface area contributed by atoms with E-state index < -0.39 is 0 Å². The third-order valence-corrected chi connectivity index (χ3v) is 4.40. The minimum Gasteiger partial charge on any atom is -0.392 e. The van der Waals surface area contributed by atoms with E-state index >= 15 is 0 Å². The van der Waals surface area contributed by atoms with Crippen LogP contribution in [0, 0.1) is 11.3 Å². The summed E-state index contributed by atoms with van der Waals surface area (Å²) in [5.74, 6) is 0. The molecule has 0 aliphatic heterocycles. The average molecular weight is 320 g/mol. The van der Waals surface area contributed by atoms with Crippen molar-refractivity contribution in [1.29, 1.82) is 5.26 Å². The Morgan fingerprint density at radius 3 is 2.44 bits per heavy atom. The van der Waals surface area contributed by atoms with Gasteiger partial charge in [-0.3, -0.25) is 0 Å². The number of rotatable bonds is 3. The van der Waals surface area contributed by atoms with Gasteiger partial charge in [0.05, 0.1) is 18.2 Å². The Kier molecular flexibility index (Phi) is 4.43. The summed E-state index contributed by atoms with van der Waals surface area (Å²) >= 11 is 5.08. The third kappa shape index (κ3) is 3.14. The van der Waals surface area contributed by atoms with Crippen LogP contribution in [0.25, 0.3) is 0 Å². The highest BCUT2D eigenvalue weighted by Gasteiger charge is 2.04. The topological polar surface area (TPSA) is 44.0 Å². The van der Waals surface area contributed by atoms with Crippen LogP contribution in [0.2, 0.25) is 0 Å². The van der Waals surface area contributed by atoms with E-state index in [1.165, 1.54) is 0 Å². The van der Waals surface area contributed by atoms with Crippen molar-refractivity contribution in [1.82, 2.24) is 0 Å². The summed E-state index contributed by atoms with van der Waals surface area (Å²) in [5.41, 5.74) is 1.54. The first kappa shape index (κ1) is 13.2. The summed E-state index contributed by atoms with van der Waals surface area (Å²) in [5, 5.41) is 17.8. The second kappa shape index (κ2) is 6.05. The van der Waals surface area contributed by atoms with Crippen molar-refractivity contribution in [2.24, 2.45) is 0 Å². The van der Waals surface area contributed by atoms with Gasteiger partial charge < -0.3 is 5.11 Å². The monoisotopic (exact) mass is 319 g/mol. The molecule has 2 aromatic rings. The fourth-order valence-electron chi connectivity index (χ4n) is 1.44. The first-order valence-electron chi connectivity index (χ1n) is 5.30. The van der Waals surface area contributed by atoms with Gasteiger partial charge in [-0.1, -0.05) is 23.9 Å². The normalized spacial score (nSPS) is 10.1. The van der Waals surface area contributed by atoms with E-state index in [1.807, 2.05) is 36.4 Å². The molecular formula is C14H10BrNOS. The molecule has 2 nitrogen and oxygen atoms in total. The molecule has 18 heavy (non-hydrogen) atoms. The highest BCUT2D eigenvalue weighted by molar-refractivity contribution is 9.10. The predicted molar refractivity (Wildman–Crippen MR) is 75.3 cm³/mol. The molecule has 1 N–H and O–H groups in total. The summed E-state index contributed by atoms with van der Waals surface area (Å²) in [4.78, 5) is 2.16. The molecule has 0 saturated heterocycles. The first-order chi connectivity index (χ1) is 8.72. The molecule has 4 heteroatoms. The van der Waals surface area contributed by atoms with Gasteiger partial charge >= 0.3 is 0 Å². The van der Waals surface area contributed by atoms with Crippen LogP contribution in [0.1, 0.15) is 11.1 Å². The van der Waals surface area contributed by atoms with Gasteiger partial charge in [-0.15, -0.1) is 0 Å². The molecule has 0 aliphatic carbocycles. The van der Waals surface area contributed by atoms with E-state index in [0.29, 0.717) is 5.56 Å². The van der Waals surface area contributed by atoms with Gasteiger partial charge in [0.15, 0.2) is 0 Å². The quantitative estimate of drug-likeness (QED) is 0.931. The van der Waals surface area contributed by atoms with Gasteiger partial charge in [0, 0.05) is 14.3 Å². The van der Waals surface area contributed by atoms with Crippen molar-refractivity contribution < 1.29 is 5.11 Å². The summed E-state index contributed by atoms with van der Waals surface area (Å²) in [7, 11) is 0. The van der Waals surface area contributed by atoms with Crippen molar-refractivity contribution in [3.05, 3.63) is 58.1 Å². The maximum absolute atomic E-state index is 8.98. The van der Waals surface area contributed by atoms with E-state index in [1.54, 1.807) is 17.8 Å². The lowest BCUT2D eigenvalue weighted by atomic mass is 10.2. The Hall–Kier alpha value is -1.28. The molecule has 0 unspecified atom stereocenters.